The van der Waals surface area contributed by atoms with Crippen LogP contribution < -0.4 is 29.0 Å². The first-order chi connectivity index (χ1) is 26.1. The van der Waals surface area contributed by atoms with Crippen LogP contribution >= 0.6 is 0 Å². The molecule has 0 saturated heterocycles. The van der Waals surface area contributed by atoms with Gasteiger partial charge >= 0.3 is 211 Å². The Morgan fingerprint density at radius 1 is 0.393 bits per heavy atom. The fourth-order valence-electron chi connectivity index (χ4n) is 6.90. The van der Waals surface area contributed by atoms with Gasteiger partial charge in [-0.1, -0.05) is 62.6 Å². The van der Waals surface area contributed by atoms with Crippen molar-refractivity contribution in [2.24, 2.45) is 0 Å². The summed E-state index contributed by atoms with van der Waals surface area (Å²) in [4.78, 5) is 4.38. The minimum absolute atomic E-state index is 0.150. The predicted octanol–water partition coefficient (Wildman–Crippen LogP) is 11.1. The van der Waals surface area contributed by atoms with Gasteiger partial charge in [0, 0.05) is 39.6 Å². The van der Waals surface area contributed by atoms with Crippen molar-refractivity contribution in [3.8, 4) is 0 Å². The molecule has 4 rings (SSSR count). The van der Waals surface area contributed by atoms with E-state index in [2.05, 4.69) is 220 Å². The van der Waals surface area contributed by atoms with Gasteiger partial charge in [0.1, 0.15) is 0 Å². The van der Waals surface area contributed by atoms with Crippen molar-refractivity contribution in [3.63, 3.8) is 0 Å². The van der Waals surface area contributed by atoms with E-state index in [-0.39, 0.29) is 43.4 Å². The zero-order chi connectivity index (χ0) is 42.6. The van der Waals surface area contributed by atoms with Crippen LogP contribution in [-0.2, 0) is 0 Å². The molecule has 0 spiro atoms. The van der Waals surface area contributed by atoms with Crippen molar-refractivity contribution < 1.29 is 0 Å². The maximum absolute atomic E-state index is 2.56. The molecule has 0 aliphatic heterocycles. The van der Waals surface area contributed by atoms with Crippen molar-refractivity contribution >= 4 is 74.0 Å². The summed E-state index contributed by atoms with van der Waals surface area (Å²) in [6.45, 7) is 37.9. The summed E-state index contributed by atoms with van der Waals surface area (Å²) in [6, 6.07) is 27.5. The Hall–Kier alpha value is -2.00. The second-order valence-electron chi connectivity index (χ2n) is 18.2. The van der Waals surface area contributed by atoms with Gasteiger partial charge in [-0.3, -0.25) is 0 Å². The Labute approximate surface area is 360 Å². The van der Waals surface area contributed by atoms with Crippen molar-refractivity contribution in [2.75, 3.05) is 38.0 Å². The standard InChI is InChI=1S/C30H46Ge2.2C10H16NSi/c1-17(2)23-13-25(19(5)6)29(26(14-23)20(7)8)31-32-30-27(21(9)10)15-24(18(3)4)16-28(30)22(11)12;2*1-11(2)9-7-5-6-8-10(9)12(3)4/h13-22H,1-12H3;2*5-8H,1-4H3. The Morgan fingerprint density at radius 2 is 0.643 bits per heavy atom. The molecule has 304 valence electrons. The van der Waals surface area contributed by atoms with E-state index in [0.29, 0.717) is 35.5 Å². The molecule has 6 heteroatoms. The number of hydrogen-bond donors (Lipinski definition) is 0. The summed E-state index contributed by atoms with van der Waals surface area (Å²) in [5.74, 6) is 3.61. The molecule has 4 aromatic carbocycles. The summed E-state index contributed by atoms with van der Waals surface area (Å²) >= 11 is -0.300. The number of rotatable bonds is 12. The Balaban J connectivity index is 0.000000365. The number of benzene rings is 4. The second-order valence-corrected chi connectivity index (χ2v) is 31.8. The minimum Gasteiger partial charge on any atom is -0.378 e. The van der Waals surface area contributed by atoms with Crippen LogP contribution in [0.3, 0.4) is 0 Å². The molecule has 0 aliphatic rings. The van der Waals surface area contributed by atoms with Crippen LogP contribution in [0.2, 0.25) is 26.2 Å². The van der Waals surface area contributed by atoms with E-state index in [4.69, 9.17) is 0 Å². The third kappa shape index (κ3) is 14.4. The molecule has 0 heterocycles. The van der Waals surface area contributed by atoms with E-state index in [1.54, 1.807) is 31.0 Å². The van der Waals surface area contributed by atoms with Crippen molar-refractivity contribution in [3.05, 3.63) is 106 Å². The number of para-hydroxylation sites is 2. The van der Waals surface area contributed by atoms with Gasteiger partial charge in [0.25, 0.3) is 0 Å². The van der Waals surface area contributed by atoms with Crippen molar-refractivity contribution in [2.45, 2.75) is 145 Å². The number of hydrogen-bond acceptors (Lipinski definition) is 2. The normalized spacial score (nSPS) is 11.7. The van der Waals surface area contributed by atoms with E-state index in [1.165, 1.54) is 32.9 Å². The predicted molar refractivity (Wildman–Crippen MR) is 264 cm³/mol. The molecule has 0 aromatic heterocycles. The van der Waals surface area contributed by atoms with E-state index in [1.807, 2.05) is 0 Å². The molecule has 0 atom stereocenters. The van der Waals surface area contributed by atoms with E-state index in [9.17, 15) is 0 Å². The smallest absolute Gasteiger partial charge is 0.0819 e. The van der Waals surface area contributed by atoms with Gasteiger partial charge in [0.2, 0.25) is 0 Å². The molecule has 0 N–H and O–H groups in total. The van der Waals surface area contributed by atoms with E-state index >= 15 is 0 Å². The summed E-state index contributed by atoms with van der Waals surface area (Å²) < 4.78 is 3.58. The van der Waals surface area contributed by atoms with Crippen LogP contribution in [-0.4, -0.2) is 71.6 Å². The maximum Gasteiger partial charge on any atom is 0.0819 e. The topological polar surface area (TPSA) is 6.48 Å². The monoisotopic (exact) mass is 910 g/mol. The molecular formula is C50H78Ge2N2Si2. The molecule has 56 heavy (non-hydrogen) atoms. The van der Waals surface area contributed by atoms with Crippen LogP contribution in [0.15, 0.2) is 72.8 Å². The first-order valence-electron chi connectivity index (χ1n) is 21.1. The van der Waals surface area contributed by atoms with Gasteiger partial charge in [0.05, 0.1) is 17.6 Å². The quantitative estimate of drug-likeness (QED) is 0.131. The summed E-state index contributed by atoms with van der Waals surface area (Å²) in [5.41, 5.74) is 12.4. The largest absolute Gasteiger partial charge is 0.378 e. The third-order valence-corrected chi connectivity index (χ3v) is 24.0. The van der Waals surface area contributed by atoms with Gasteiger partial charge in [-0.05, 0) is 22.5 Å². The van der Waals surface area contributed by atoms with Crippen molar-refractivity contribution in [1.29, 1.82) is 0 Å². The molecular weight excluding hydrogens is 830 g/mol. The van der Waals surface area contributed by atoms with Gasteiger partial charge in [-0.2, -0.15) is 0 Å². The Morgan fingerprint density at radius 3 is 0.821 bits per heavy atom. The molecule has 0 saturated carbocycles. The minimum atomic E-state index is -0.328. The van der Waals surface area contributed by atoms with E-state index < -0.39 is 0 Å². The van der Waals surface area contributed by atoms with Crippen LogP contribution in [0.5, 0.6) is 0 Å². The van der Waals surface area contributed by atoms with Crippen LogP contribution in [0, 0.1) is 0 Å². The molecule has 0 fully saturated rings. The molecule has 2 nitrogen and oxygen atoms in total. The summed E-state index contributed by atoms with van der Waals surface area (Å²) in [7, 11) is 7.75. The van der Waals surface area contributed by atoms with Gasteiger partial charge < -0.3 is 9.80 Å². The first kappa shape index (κ1) is 50.1. The van der Waals surface area contributed by atoms with Gasteiger partial charge in [-0.25, -0.2) is 0 Å². The molecule has 0 unspecified atom stereocenters. The second kappa shape index (κ2) is 23.6. The SMILES string of the molecule is CC(C)c1cc(C(C)C)[c]([Ge]=[Ge][c]2c(C(C)C)cc(C(C)C)cc2C(C)C)c(C(C)C)c1.CN(C)c1ccccc1[Si](C)C.CN(C)c1ccccc1[Si](C)C. The molecule has 0 aliphatic carbocycles. The van der Waals surface area contributed by atoms with Crippen LogP contribution in [0.25, 0.3) is 0 Å². The third-order valence-electron chi connectivity index (χ3n) is 10.4. The molecule has 0 amide bonds. The zero-order valence-electron chi connectivity index (χ0n) is 39.3. The molecule has 4 radical (unpaired) electrons. The van der Waals surface area contributed by atoms with Crippen LogP contribution in [0.1, 0.15) is 152 Å². The van der Waals surface area contributed by atoms with Crippen molar-refractivity contribution in [1.82, 2.24) is 0 Å². The fraction of sp³-hybridized carbons (Fsp3) is 0.520. The zero-order valence-corrected chi connectivity index (χ0v) is 45.5. The number of nitrogens with zero attached hydrogens (tertiary/aromatic N) is 2. The van der Waals surface area contributed by atoms with Gasteiger partial charge in [0.15, 0.2) is 0 Å². The molecule has 4 aromatic rings. The summed E-state index contributed by atoms with van der Waals surface area (Å²) in [5, 5.41) is 3.04. The average molecular weight is 909 g/mol. The maximum atomic E-state index is 2.56. The summed E-state index contributed by atoms with van der Waals surface area (Å²) in [6.07, 6.45) is 0. The van der Waals surface area contributed by atoms with Gasteiger partial charge in [-0.15, -0.1) is 0 Å². The fourth-order valence-corrected chi connectivity index (χ4v) is 23.2. The molecule has 0 bridgehead atoms. The Kier molecular flexibility index (Phi) is 21.1. The number of anilines is 2. The first-order valence-corrected chi connectivity index (χ1v) is 34.7. The van der Waals surface area contributed by atoms with Crippen LogP contribution in [0.4, 0.5) is 11.4 Å². The average Bonchev–Trinajstić information content (AvgIpc) is 3.13. The van der Waals surface area contributed by atoms with E-state index in [0.717, 1.165) is 0 Å². The Bertz CT molecular complexity index is 1590.